The summed E-state index contributed by atoms with van der Waals surface area (Å²) in [5.74, 6) is 0.834. The molecular weight excluding hydrogens is 405 g/mol. The molecule has 5 nitrogen and oxygen atoms in total. The molecule has 23 heavy (non-hydrogen) atoms. The van der Waals surface area contributed by atoms with Crippen molar-refractivity contribution in [3.05, 3.63) is 0 Å². The number of hydrogen-bond acceptors (Lipinski definition) is 3. The Kier molecular flexibility index (Phi) is 10.5. The largest absolute Gasteiger partial charge is 0.376 e. The maximum Gasteiger partial charge on any atom is 0.191 e. The molecule has 1 saturated carbocycles. The molecule has 0 aromatic heterocycles. The minimum atomic E-state index is -0.0472. The molecule has 2 aliphatic rings. The Morgan fingerprint density at radius 3 is 2.52 bits per heavy atom. The summed E-state index contributed by atoms with van der Waals surface area (Å²) < 4.78 is 11.8. The standard InChI is InChI=1S/C17H33N3O2.HI/c1-17(10-7-12-22-17)14-20-16(18-2)19-11-13-21-15-8-5-3-4-6-9-15;/h15H,3-14H2,1-2H3,(H2,18,19,20);1H. The summed E-state index contributed by atoms with van der Waals surface area (Å²) in [6, 6.07) is 0. The first-order valence-electron chi connectivity index (χ1n) is 8.92. The van der Waals surface area contributed by atoms with Crippen LogP contribution < -0.4 is 10.6 Å². The molecule has 6 heteroatoms. The van der Waals surface area contributed by atoms with E-state index in [0.29, 0.717) is 6.10 Å². The molecule has 1 unspecified atom stereocenters. The summed E-state index contributed by atoms with van der Waals surface area (Å²) in [5.41, 5.74) is -0.0472. The summed E-state index contributed by atoms with van der Waals surface area (Å²) >= 11 is 0. The Morgan fingerprint density at radius 2 is 1.91 bits per heavy atom. The van der Waals surface area contributed by atoms with Gasteiger partial charge in [0.25, 0.3) is 0 Å². The number of guanidine groups is 1. The first-order chi connectivity index (χ1) is 10.7. The van der Waals surface area contributed by atoms with Gasteiger partial charge in [0.05, 0.1) is 18.3 Å². The van der Waals surface area contributed by atoms with E-state index in [1.807, 2.05) is 0 Å². The molecule has 1 atom stereocenters. The highest BCUT2D eigenvalue weighted by Crippen LogP contribution is 2.23. The van der Waals surface area contributed by atoms with Crippen molar-refractivity contribution in [1.29, 1.82) is 0 Å². The third kappa shape index (κ3) is 8.03. The number of hydrogen-bond donors (Lipinski definition) is 2. The van der Waals surface area contributed by atoms with E-state index in [1.54, 1.807) is 7.05 Å². The van der Waals surface area contributed by atoms with Crippen molar-refractivity contribution in [1.82, 2.24) is 10.6 Å². The highest BCUT2D eigenvalue weighted by Gasteiger charge is 2.29. The van der Waals surface area contributed by atoms with Gasteiger partial charge in [-0.05, 0) is 32.6 Å². The van der Waals surface area contributed by atoms with Crippen molar-refractivity contribution >= 4 is 29.9 Å². The van der Waals surface area contributed by atoms with Gasteiger partial charge in [0, 0.05) is 26.7 Å². The van der Waals surface area contributed by atoms with Crippen LogP contribution in [-0.4, -0.2) is 51.0 Å². The number of ether oxygens (including phenoxy) is 2. The fraction of sp³-hybridized carbons (Fsp3) is 0.941. The lowest BCUT2D eigenvalue weighted by Gasteiger charge is -2.24. The molecule has 1 heterocycles. The average Bonchev–Trinajstić information content (AvgIpc) is 2.80. The first-order valence-corrected chi connectivity index (χ1v) is 8.92. The highest BCUT2D eigenvalue weighted by molar-refractivity contribution is 14.0. The second kappa shape index (κ2) is 11.5. The van der Waals surface area contributed by atoms with Gasteiger partial charge in [0.15, 0.2) is 5.96 Å². The maximum atomic E-state index is 5.99. The predicted molar refractivity (Wildman–Crippen MR) is 106 cm³/mol. The lowest BCUT2D eigenvalue weighted by molar-refractivity contribution is 0.0241. The first kappa shape index (κ1) is 21.0. The van der Waals surface area contributed by atoms with Gasteiger partial charge in [0.2, 0.25) is 0 Å². The van der Waals surface area contributed by atoms with Crippen molar-refractivity contribution in [3.8, 4) is 0 Å². The van der Waals surface area contributed by atoms with Gasteiger partial charge in [-0.2, -0.15) is 0 Å². The molecule has 0 aromatic carbocycles. The van der Waals surface area contributed by atoms with E-state index in [1.165, 1.54) is 38.5 Å². The highest BCUT2D eigenvalue weighted by atomic mass is 127. The van der Waals surface area contributed by atoms with E-state index in [9.17, 15) is 0 Å². The zero-order valence-electron chi connectivity index (χ0n) is 14.7. The predicted octanol–water partition coefficient (Wildman–Crippen LogP) is 3.08. The molecule has 1 aliphatic heterocycles. The van der Waals surface area contributed by atoms with Gasteiger partial charge in [-0.25, -0.2) is 0 Å². The topological polar surface area (TPSA) is 54.9 Å². The minimum Gasteiger partial charge on any atom is -0.376 e. The molecule has 2 N–H and O–H groups in total. The number of nitrogens with one attached hydrogen (secondary N) is 2. The van der Waals surface area contributed by atoms with Crippen molar-refractivity contribution in [2.75, 3.05) is 33.4 Å². The number of halogens is 1. The summed E-state index contributed by atoms with van der Waals surface area (Å²) in [7, 11) is 1.80. The van der Waals surface area contributed by atoms with E-state index in [0.717, 1.165) is 45.1 Å². The van der Waals surface area contributed by atoms with Crippen LogP contribution in [0.3, 0.4) is 0 Å². The molecule has 0 aromatic rings. The van der Waals surface area contributed by atoms with Crippen LogP contribution in [0.25, 0.3) is 0 Å². The SMILES string of the molecule is CN=C(NCCOC1CCCCCC1)NCC1(C)CCCO1.I. The summed E-state index contributed by atoms with van der Waals surface area (Å²) in [6.45, 7) is 5.39. The fourth-order valence-electron chi connectivity index (χ4n) is 3.27. The van der Waals surface area contributed by atoms with Crippen molar-refractivity contribution in [3.63, 3.8) is 0 Å². The second-order valence-corrected chi connectivity index (χ2v) is 6.74. The molecule has 2 fully saturated rings. The van der Waals surface area contributed by atoms with Crippen LogP contribution in [0.5, 0.6) is 0 Å². The van der Waals surface area contributed by atoms with E-state index in [4.69, 9.17) is 9.47 Å². The van der Waals surface area contributed by atoms with Gasteiger partial charge in [0.1, 0.15) is 0 Å². The van der Waals surface area contributed by atoms with Crippen LogP contribution in [-0.2, 0) is 9.47 Å². The average molecular weight is 439 g/mol. The third-order valence-electron chi connectivity index (χ3n) is 4.70. The fourth-order valence-corrected chi connectivity index (χ4v) is 3.27. The van der Waals surface area contributed by atoms with E-state index >= 15 is 0 Å². The monoisotopic (exact) mass is 439 g/mol. The quantitative estimate of drug-likeness (QED) is 0.220. The van der Waals surface area contributed by atoms with Crippen molar-refractivity contribution in [2.45, 2.75) is 70.0 Å². The lowest BCUT2D eigenvalue weighted by Crippen LogP contribution is -2.46. The molecule has 1 saturated heterocycles. The minimum absolute atomic E-state index is 0. The van der Waals surface area contributed by atoms with E-state index in [2.05, 4.69) is 22.5 Å². The molecule has 0 amide bonds. The molecule has 2 rings (SSSR count). The van der Waals surface area contributed by atoms with Crippen LogP contribution >= 0.6 is 24.0 Å². The number of aliphatic imine (C=N–C) groups is 1. The Hall–Kier alpha value is -0.0800. The normalized spacial score (nSPS) is 26.4. The maximum absolute atomic E-state index is 5.99. The van der Waals surface area contributed by atoms with Crippen LogP contribution in [0.4, 0.5) is 0 Å². The number of nitrogens with zero attached hydrogens (tertiary/aromatic N) is 1. The third-order valence-corrected chi connectivity index (χ3v) is 4.70. The molecule has 0 spiro atoms. The molecular formula is C17H34IN3O2. The van der Waals surface area contributed by atoms with E-state index < -0.39 is 0 Å². The summed E-state index contributed by atoms with van der Waals surface area (Å²) in [5, 5.41) is 6.68. The lowest BCUT2D eigenvalue weighted by atomic mass is 10.0. The Morgan fingerprint density at radius 1 is 1.17 bits per heavy atom. The number of rotatable bonds is 6. The van der Waals surface area contributed by atoms with Gasteiger partial charge < -0.3 is 20.1 Å². The smallest absolute Gasteiger partial charge is 0.191 e. The zero-order valence-corrected chi connectivity index (χ0v) is 17.1. The van der Waals surface area contributed by atoms with Crippen LogP contribution in [0.1, 0.15) is 58.3 Å². The van der Waals surface area contributed by atoms with Gasteiger partial charge in [-0.1, -0.05) is 25.7 Å². The van der Waals surface area contributed by atoms with Gasteiger partial charge in [-0.15, -0.1) is 24.0 Å². The molecule has 1 aliphatic carbocycles. The molecule has 136 valence electrons. The second-order valence-electron chi connectivity index (χ2n) is 6.74. The molecule has 0 bridgehead atoms. The Bertz CT molecular complexity index is 339. The van der Waals surface area contributed by atoms with Crippen LogP contribution in [0, 0.1) is 0 Å². The molecule has 0 radical (unpaired) electrons. The summed E-state index contributed by atoms with van der Waals surface area (Å²) in [6.07, 6.45) is 10.6. The Balaban J connectivity index is 0.00000264. The van der Waals surface area contributed by atoms with E-state index in [-0.39, 0.29) is 29.6 Å². The van der Waals surface area contributed by atoms with Crippen molar-refractivity contribution < 1.29 is 9.47 Å². The van der Waals surface area contributed by atoms with Gasteiger partial charge >= 0.3 is 0 Å². The van der Waals surface area contributed by atoms with Crippen LogP contribution in [0.2, 0.25) is 0 Å². The Labute approximate surface area is 158 Å². The summed E-state index contributed by atoms with van der Waals surface area (Å²) in [4.78, 5) is 4.26. The van der Waals surface area contributed by atoms with Crippen LogP contribution in [0.15, 0.2) is 4.99 Å². The van der Waals surface area contributed by atoms with Crippen molar-refractivity contribution in [2.24, 2.45) is 4.99 Å². The zero-order chi connectivity index (χ0) is 15.7. The van der Waals surface area contributed by atoms with Gasteiger partial charge in [-0.3, -0.25) is 4.99 Å².